The Kier molecular flexibility index (Phi) is 4.84. The van der Waals surface area contributed by atoms with E-state index >= 15 is 0 Å². The summed E-state index contributed by atoms with van der Waals surface area (Å²) in [5.74, 6) is 0.598. The lowest BCUT2D eigenvalue weighted by Gasteiger charge is -2.29. The van der Waals surface area contributed by atoms with Crippen LogP contribution in [0.25, 0.3) is 11.1 Å². The van der Waals surface area contributed by atoms with Crippen LogP contribution in [0.2, 0.25) is 0 Å². The third kappa shape index (κ3) is 4.18. The molecule has 0 aliphatic rings. The van der Waals surface area contributed by atoms with Crippen molar-refractivity contribution in [3.63, 3.8) is 0 Å². The SMILES string of the molecule is CC(CC(N)c1ccc(-c2ccccc2)cc1)C(C)(C)C. The van der Waals surface area contributed by atoms with Crippen LogP contribution in [0.15, 0.2) is 54.6 Å². The van der Waals surface area contributed by atoms with Crippen LogP contribution in [0.4, 0.5) is 0 Å². The maximum atomic E-state index is 6.38. The Balaban J connectivity index is 2.09. The molecule has 2 atom stereocenters. The molecular formula is C20H27N. The molecule has 0 fully saturated rings. The van der Waals surface area contributed by atoms with Crippen molar-refractivity contribution >= 4 is 0 Å². The quantitative estimate of drug-likeness (QED) is 0.795. The van der Waals surface area contributed by atoms with Crippen molar-refractivity contribution < 1.29 is 0 Å². The van der Waals surface area contributed by atoms with Gasteiger partial charge in [-0.2, -0.15) is 0 Å². The van der Waals surface area contributed by atoms with E-state index in [0.717, 1.165) is 6.42 Å². The summed E-state index contributed by atoms with van der Waals surface area (Å²) in [6.45, 7) is 9.13. The van der Waals surface area contributed by atoms with Crippen LogP contribution in [-0.4, -0.2) is 0 Å². The zero-order valence-corrected chi connectivity index (χ0v) is 13.6. The van der Waals surface area contributed by atoms with E-state index in [1.54, 1.807) is 0 Å². The van der Waals surface area contributed by atoms with Gasteiger partial charge in [0, 0.05) is 6.04 Å². The molecule has 112 valence electrons. The predicted octanol–water partition coefficient (Wildman–Crippen LogP) is 5.43. The van der Waals surface area contributed by atoms with E-state index in [4.69, 9.17) is 5.73 Å². The average Bonchev–Trinajstić information content (AvgIpc) is 2.47. The molecule has 21 heavy (non-hydrogen) atoms. The standard InChI is InChI=1S/C20H27N/c1-15(20(2,3)4)14-19(21)18-12-10-17(11-13-18)16-8-6-5-7-9-16/h5-13,15,19H,14,21H2,1-4H3. The summed E-state index contributed by atoms with van der Waals surface area (Å²) >= 11 is 0. The van der Waals surface area contributed by atoms with Crippen LogP contribution in [0.5, 0.6) is 0 Å². The van der Waals surface area contributed by atoms with Gasteiger partial charge < -0.3 is 5.73 Å². The Hall–Kier alpha value is -1.60. The maximum Gasteiger partial charge on any atom is 0.0297 e. The van der Waals surface area contributed by atoms with Gasteiger partial charge >= 0.3 is 0 Å². The molecule has 0 heterocycles. The Labute approximate surface area is 129 Å². The second kappa shape index (κ2) is 6.44. The molecule has 0 radical (unpaired) electrons. The molecule has 0 bridgehead atoms. The van der Waals surface area contributed by atoms with Gasteiger partial charge in [0.1, 0.15) is 0 Å². The number of rotatable bonds is 4. The van der Waals surface area contributed by atoms with Crippen molar-refractivity contribution in [2.45, 2.75) is 40.2 Å². The lowest BCUT2D eigenvalue weighted by molar-refractivity contribution is 0.234. The average molecular weight is 281 g/mol. The van der Waals surface area contributed by atoms with E-state index < -0.39 is 0 Å². The van der Waals surface area contributed by atoms with Crippen molar-refractivity contribution in [1.29, 1.82) is 0 Å². The zero-order chi connectivity index (χ0) is 15.5. The number of hydrogen-bond acceptors (Lipinski definition) is 1. The molecule has 0 aliphatic carbocycles. The lowest BCUT2D eigenvalue weighted by Crippen LogP contribution is -2.23. The first-order valence-corrected chi connectivity index (χ1v) is 7.79. The normalized spacial score (nSPS) is 14.7. The maximum absolute atomic E-state index is 6.38. The van der Waals surface area contributed by atoms with Crippen molar-refractivity contribution in [3.8, 4) is 11.1 Å². The first-order valence-electron chi connectivity index (χ1n) is 7.79. The molecule has 0 amide bonds. The lowest BCUT2D eigenvalue weighted by atomic mass is 9.78. The Morgan fingerprint density at radius 3 is 1.90 bits per heavy atom. The molecule has 1 heteroatoms. The fourth-order valence-electron chi connectivity index (χ4n) is 2.42. The zero-order valence-electron chi connectivity index (χ0n) is 13.6. The second-order valence-electron chi connectivity index (χ2n) is 7.10. The molecule has 1 nitrogen and oxygen atoms in total. The molecule has 2 rings (SSSR count). The Morgan fingerprint density at radius 2 is 1.38 bits per heavy atom. The van der Waals surface area contributed by atoms with Gasteiger partial charge in [-0.25, -0.2) is 0 Å². The van der Waals surface area contributed by atoms with Gasteiger partial charge in [-0.3, -0.25) is 0 Å². The second-order valence-corrected chi connectivity index (χ2v) is 7.10. The molecule has 2 unspecified atom stereocenters. The molecule has 0 saturated carbocycles. The highest BCUT2D eigenvalue weighted by atomic mass is 14.6. The highest BCUT2D eigenvalue weighted by Crippen LogP contribution is 2.32. The van der Waals surface area contributed by atoms with Crippen LogP contribution >= 0.6 is 0 Å². The monoisotopic (exact) mass is 281 g/mol. The van der Waals surface area contributed by atoms with E-state index in [-0.39, 0.29) is 6.04 Å². The summed E-state index contributed by atoms with van der Waals surface area (Å²) in [5.41, 5.74) is 10.4. The highest BCUT2D eigenvalue weighted by molar-refractivity contribution is 5.63. The molecule has 2 N–H and O–H groups in total. The summed E-state index contributed by atoms with van der Waals surface area (Å²) in [5, 5.41) is 0. The van der Waals surface area contributed by atoms with Crippen LogP contribution in [0.1, 0.15) is 45.7 Å². The van der Waals surface area contributed by atoms with E-state index in [9.17, 15) is 0 Å². The molecule has 2 aromatic carbocycles. The van der Waals surface area contributed by atoms with Gasteiger partial charge in [-0.05, 0) is 34.4 Å². The third-order valence-corrected chi connectivity index (χ3v) is 4.53. The third-order valence-electron chi connectivity index (χ3n) is 4.53. The fraction of sp³-hybridized carbons (Fsp3) is 0.400. The van der Waals surface area contributed by atoms with Gasteiger partial charge in [0.05, 0.1) is 0 Å². The van der Waals surface area contributed by atoms with Gasteiger partial charge in [0.2, 0.25) is 0 Å². The van der Waals surface area contributed by atoms with Crippen LogP contribution in [0.3, 0.4) is 0 Å². The minimum atomic E-state index is 0.115. The topological polar surface area (TPSA) is 26.0 Å². The number of hydrogen-bond donors (Lipinski definition) is 1. The Bertz CT molecular complexity index is 549. The molecule has 0 saturated heterocycles. The van der Waals surface area contributed by atoms with Crippen LogP contribution in [0, 0.1) is 11.3 Å². The summed E-state index contributed by atoms with van der Waals surface area (Å²) in [4.78, 5) is 0. The summed E-state index contributed by atoms with van der Waals surface area (Å²) in [6.07, 6.45) is 1.02. The number of benzene rings is 2. The summed E-state index contributed by atoms with van der Waals surface area (Å²) in [7, 11) is 0. The minimum Gasteiger partial charge on any atom is -0.324 e. The molecule has 0 spiro atoms. The van der Waals surface area contributed by atoms with E-state index in [2.05, 4.69) is 76.2 Å². The largest absolute Gasteiger partial charge is 0.324 e. The molecule has 2 aromatic rings. The summed E-state index contributed by atoms with van der Waals surface area (Å²) in [6, 6.07) is 19.3. The highest BCUT2D eigenvalue weighted by Gasteiger charge is 2.22. The van der Waals surface area contributed by atoms with E-state index in [1.807, 2.05) is 6.07 Å². The van der Waals surface area contributed by atoms with Gasteiger partial charge in [-0.15, -0.1) is 0 Å². The van der Waals surface area contributed by atoms with Crippen molar-refractivity contribution in [3.05, 3.63) is 60.2 Å². The fourth-order valence-corrected chi connectivity index (χ4v) is 2.42. The van der Waals surface area contributed by atoms with Crippen LogP contribution in [-0.2, 0) is 0 Å². The van der Waals surface area contributed by atoms with E-state index in [1.165, 1.54) is 16.7 Å². The number of nitrogens with two attached hydrogens (primary N) is 1. The molecule has 0 aromatic heterocycles. The van der Waals surface area contributed by atoms with Crippen molar-refractivity contribution in [1.82, 2.24) is 0 Å². The van der Waals surface area contributed by atoms with Gasteiger partial charge in [-0.1, -0.05) is 82.3 Å². The van der Waals surface area contributed by atoms with Crippen molar-refractivity contribution in [2.75, 3.05) is 0 Å². The summed E-state index contributed by atoms with van der Waals surface area (Å²) < 4.78 is 0. The smallest absolute Gasteiger partial charge is 0.0297 e. The van der Waals surface area contributed by atoms with Crippen LogP contribution < -0.4 is 5.73 Å². The molecule has 0 aliphatic heterocycles. The predicted molar refractivity (Wildman–Crippen MR) is 92.0 cm³/mol. The molecular weight excluding hydrogens is 254 g/mol. The first kappa shape index (κ1) is 15.8. The van der Waals surface area contributed by atoms with Crippen molar-refractivity contribution in [2.24, 2.45) is 17.1 Å². The van der Waals surface area contributed by atoms with Gasteiger partial charge in [0.15, 0.2) is 0 Å². The van der Waals surface area contributed by atoms with Gasteiger partial charge in [0.25, 0.3) is 0 Å². The first-order chi connectivity index (χ1) is 9.88. The van der Waals surface area contributed by atoms with E-state index in [0.29, 0.717) is 11.3 Å². The Morgan fingerprint density at radius 1 is 0.857 bits per heavy atom. The minimum absolute atomic E-state index is 0.115.